The molecule has 1 N–H and O–H groups in total. The normalized spacial score (nSPS) is 15.8. The van der Waals surface area contributed by atoms with Gasteiger partial charge in [-0.05, 0) is 61.8 Å². The molecule has 0 saturated carbocycles. The Morgan fingerprint density at radius 3 is 2.61 bits per heavy atom. The van der Waals surface area contributed by atoms with E-state index in [9.17, 15) is 4.79 Å². The van der Waals surface area contributed by atoms with E-state index in [0.717, 1.165) is 12.2 Å². The van der Waals surface area contributed by atoms with Gasteiger partial charge in [-0.15, -0.1) is 0 Å². The Morgan fingerprint density at radius 1 is 1.13 bits per heavy atom. The lowest BCUT2D eigenvalue weighted by atomic mass is 10.1. The summed E-state index contributed by atoms with van der Waals surface area (Å²) in [5.74, 6) is 0.502. The van der Waals surface area contributed by atoms with Crippen molar-refractivity contribution >= 4 is 17.7 Å². The molecular formula is C19H22N2O2. The van der Waals surface area contributed by atoms with Crippen molar-refractivity contribution in [2.75, 3.05) is 18.4 Å². The van der Waals surface area contributed by atoms with Crippen LogP contribution in [-0.4, -0.2) is 23.9 Å². The van der Waals surface area contributed by atoms with E-state index in [-0.39, 0.29) is 5.91 Å². The summed E-state index contributed by atoms with van der Waals surface area (Å²) in [5.41, 5.74) is 2.09. The molecule has 0 aliphatic carbocycles. The van der Waals surface area contributed by atoms with Crippen molar-refractivity contribution in [1.29, 1.82) is 0 Å². The summed E-state index contributed by atoms with van der Waals surface area (Å²) in [6, 6.07) is 11.7. The number of hydrogen-bond donors (Lipinski definition) is 1. The molecule has 120 valence electrons. The van der Waals surface area contributed by atoms with E-state index >= 15 is 0 Å². The standard InChI is InChI=1S/C19H22N2O2/c22-19(11-10-18-5-4-14-23-18)20-17-8-6-16(7-9-17)15-21-12-2-1-3-13-21/h4-11,14H,1-3,12-13,15H2,(H,20,22)/b11-10+. The summed E-state index contributed by atoms with van der Waals surface area (Å²) in [6.45, 7) is 3.37. The second-order valence-corrected chi connectivity index (χ2v) is 5.87. The Kier molecular flexibility index (Phi) is 5.27. The van der Waals surface area contributed by atoms with Crippen molar-refractivity contribution in [2.24, 2.45) is 0 Å². The molecule has 1 saturated heterocycles. The van der Waals surface area contributed by atoms with Crippen molar-refractivity contribution < 1.29 is 9.21 Å². The van der Waals surface area contributed by atoms with Crippen LogP contribution in [-0.2, 0) is 11.3 Å². The molecule has 0 radical (unpaired) electrons. The molecule has 0 unspecified atom stereocenters. The zero-order valence-electron chi connectivity index (χ0n) is 13.2. The maximum atomic E-state index is 11.9. The lowest BCUT2D eigenvalue weighted by Gasteiger charge is -2.26. The lowest BCUT2D eigenvalue weighted by Crippen LogP contribution is -2.29. The van der Waals surface area contributed by atoms with E-state index < -0.39 is 0 Å². The Hall–Kier alpha value is -2.33. The van der Waals surface area contributed by atoms with Crippen molar-refractivity contribution in [3.63, 3.8) is 0 Å². The van der Waals surface area contributed by atoms with E-state index in [1.165, 1.54) is 44.0 Å². The minimum Gasteiger partial charge on any atom is -0.465 e. The highest BCUT2D eigenvalue weighted by Crippen LogP contribution is 2.15. The van der Waals surface area contributed by atoms with Gasteiger partial charge in [0.05, 0.1) is 6.26 Å². The van der Waals surface area contributed by atoms with Crippen LogP contribution in [0.1, 0.15) is 30.6 Å². The molecule has 1 amide bonds. The molecule has 4 heteroatoms. The predicted octanol–water partition coefficient (Wildman–Crippen LogP) is 3.92. The van der Waals surface area contributed by atoms with Crippen LogP contribution >= 0.6 is 0 Å². The first-order valence-corrected chi connectivity index (χ1v) is 8.13. The average molecular weight is 310 g/mol. The van der Waals surface area contributed by atoms with Gasteiger partial charge >= 0.3 is 0 Å². The highest BCUT2D eigenvalue weighted by Gasteiger charge is 2.10. The number of rotatable bonds is 5. The maximum Gasteiger partial charge on any atom is 0.248 e. The minimum absolute atomic E-state index is 0.162. The van der Waals surface area contributed by atoms with E-state index in [0.29, 0.717) is 5.76 Å². The average Bonchev–Trinajstić information content (AvgIpc) is 3.09. The van der Waals surface area contributed by atoms with Crippen LogP contribution in [0.25, 0.3) is 6.08 Å². The first-order valence-electron chi connectivity index (χ1n) is 8.13. The third-order valence-corrected chi connectivity index (χ3v) is 4.02. The Morgan fingerprint density at radius 2 is 1.91 bits per heavy atom. The first-order chi connectivity index (χ1) is 11.3. The van der Waals surface area contributed by atoms with Gasteiger partial charge in [-0.25, -0.2) is 0 Å². The molecule has 0 bridgehead atoms. The largest absolute Gasteiger partial charge is 0.465 e. The summed E-state index contributed by atoms with van der Waals surface area (Å²) >= 11 is 0. The molecule has 1 aromatic heterocycles. The number of hydrogen-bond acceptors (Lipinski definition) is 3. The SMILES string of the molecule is O=C(/C=C/c1ccco1)Nc1ccc(CN2CCCCC2)cc1. The number of furan rings is 1. The predicted molar refractivity (Wildman–Crippen MR) is 91.9 cm³/mol. The Balaban J connectivity index is 1.51. The summed E-state index contributed by atoms with van der Waals surface area (Å²) < 4.78 is 5.15. The molecule has 1 aliphatic rings. The Bertz CT molecular complexity index is 639. The highest BCUT2D eigenvalue weighted by molar-refractivity contribution is 6.01. The molecule has 0 spiro atoms. The number of likely N-dealkylation sites (tertiary alicyclic amines) is 1. The van der Waals surface area contributed by atoms with Gasteiger partial charge in [-0.3, -0.25) is 9.69 Å². The summed E-state index contributed by atoms with van der Waals surface area (Å²) in [5, 5.41) is 2.85. The number of amides is 1. The summed E-state index contributed by atoms with van der Waals surface area (Å²) in [6.07, 6.45) is 8.67. The van der Waals surface area contributed by atoms with E-state index in [1.54, 1.807) is 24.5 Å². The number of piperidine rings is 1. The summed E-state index contributed by atoms with van der Waals surface area (Å²) in [7, 11) is 0. The fourth-order valence-electron chi connectivity index (χ4n) is 2.80. The van der Waals surface area contributed by atoms with Crippen molar-refractivity contribution in [1.82, 2.24) is 4.90 Å². The molecule has 3 rings (SSSR count). The number of carbonyl (C=O) groups is 1. The van der Waals surface area contributed by atoms with Crippen LogP contribution in [0.4, 0.5) is 5.69 Å². The van der Waals surface area contributed by atoms with Crippen molar-refractivity contribution in [2.45, 2.75) is 25.8 Å². The van der Waals surface area contributed by atoms with Gasteiger partial charge < -0.3 is 9.73 Å². The second-order valence-electron chi connectivity index (χ2n) is 5.87. The van der Waals surface area contributed by atoms with Crippen LogP contribution in [0.2, 0.25) is 0 Å². The van der Waals surface area contributed by atoms with Gasteiger partial charge in [0.15, 0.2) is 0 Å². The molecule has 23 heavy (non-hydrogen) atoms. The minimum atomic E-state index is -0.162. The fourth-order valence-corrected chi connectivity index (χ4v) is 2.80. The molecule has 0 atom stereocenters. The van der Waals surface area contributed by atoms with Crippen LogP contribution in [0.15, 0.2) is 53.2 Å². The van der Waals surface area contributed by atoms with Crippen LogP contribution in [0.3, 0.4) is 0 Å². The molecule has 2 heterocycles. The number of anilines is 1. The second kappa shape index (κ2) is 7.79. The molecule has 2 aromatic rings. The van der Waals surface area contributed by atoms with E-state index in [4.69, 9.17) is 4.42 Å². The van der Waals surface area contributed by atoms with Gasteiger partial charge in [0.1, 0.15) is 5.76 Å². The maximum absolute atomic E-state index is 11.9. The number of nitrogens with one attached hydrogen (secondary N) is 1. The first kappa shape index (κ1) is 15.6. The monoisotopic (exact) mass is 310 g/mol. The molecule has 1 aliphatic heterocycles. The van der Waals surface area contributed by atoms with Gasteiger partial charge in [0.2, 0.25) is 5.91 Å². The number of benzene rings is 1. The van der Waals surface area contributed by atoms with Crippen LogP contribution in [0, 0.1) is 0 Å². The smallest absolute Gasteiger partial charge is 0.248 e. The fraction of sp³-hybridized carbons (Fsp3) is 0.316. The lowest BCUT2D eigenvalue weighted by molar-refractivity contribution is -0.111. The van der Waals surface area contributed by atoms with Gasteiger partial charge in [-0.2, -0.15) is 0 Å². The van der Waals surface area contributed by atoms with E-state index in [1.807, 2.05) is 12.1 Å². The quantitative estimate of drug-likeness (QED) is 0.851. The third kappa shape index (κ3) is 4.83. The van der Waals surface area contributed by atoms with Crippen LogP contribution in [0.5, 0.6) is 0 Å². The molecular weight excluding hydrogens is 288 g/mol. The number of nitrogens with zero attached hydrogens (tertiary/aromatic N) is 1. The zero-order valence-corrected chi connectivity index (χ0v) is 13.2. The zero-order chi connectivity index (χ0) is 15.9. The summed E-state index contributed by atoms with van der Waals surface area (Å²) in [4.78, 5) is 14.4. The van der Waals surface area contributed by atoms with E-state index in [2.05, 4.69) is 22.3 Å². The van der Waals surface area contributed by atoms with Crippen molar-refractivity contribution in [3.8, 4) is 0 Å². The van der Waals surface area contributed by atoms with Gasteiger partial charge in [0.25, 0.3) is 0 Å². The van der Waals surface area contributed by atoms with Gasteiger partial charge in [0, 0.05) is 18.3 Å². The number of carbonyl (C=O) groups excluding carboxylic acids is 1. The third-order valence-electron chi connectivity index (χ3n) is 4.02. The molecule has 4 nitrogen and oxygen atoms in total. The highest BCUT2D eigenvalue weighted by atomic mass is 16.3. The molecule has 1 fully saturated rings. The van der Waals surface area contributed by atoms with Gasteiger partial charge in [-0.1, -0.05) is 18.6 Å². The Labute approximate surface area is 136 Å². The molecule has 1 aromatic carbocycles. The topological polar surface area (TPSA) is 45.5 Å². The van der Waals surface area contributed by atoms with Crippen LogP contribution < -0.4 is 5.32 Å². The van der Waals surface area contributed by atoms with Crippen molar-refractivity contribution in [3.05, 3.63) is 60.1 Å².